The van der Waals surface area contributed by atoms with Gasteiger partial charge in [-0.1, -0.05) is 18.2 Å². The molecular formula is C18H19N7O4S2. The van der Waals surface area contributed by atoms with E-state index in [9.17, 15) is 16.8 Å². The number of primary sulfonamides is 1. The summed E-state index contributed by atoms with van der Waals surface area (Å²) in [4.78, 5) is 10.4. The number of fused-ring (bicyclic) bond motifs is 1. The highest BCUT2D eigenvalue weighted by molar-refractivity contribution is 7.93. The highest BCUT2D eigenvalue weighted by atomic mass is 32.2. The molecule has 1 atom stereocenters. The number of aliphatic imine (C=N–C) groups is 1. The van der Waals surface area contributed by atoms with E-state index in [0.717, 1.165) is 0 Å². The monoisotopic (exact) mass is 461 g/mol. The van der Waals surface area contributed by atoms with Crippen LogP contribution in [0.5, 0.6) is 0 Å². The average molecular weight is 462 g/mol. The third-order valence-electron chi connectivity index (χ3n) is 4.64. The van der Waals surface area contributed by atoms with E-state index in [1.165, 1.54) is 25.4 Å². The van der Waals surface area contributed by atoms with Crippen molar-refractivity contribution in [2.45, 2.75) is 22.8 Å². The SMILES string of the molecule is C[C@H](N)CS(=O)(=O)c1ccc(-c2cccc3[nH]cnc23)c(C2=NCN=N2)c1S(N)(=O)=O. The smallest absolute Gasteiger partial charge is 0.240 e. The maximum atomic E-state index is 13.0. The topological polar surface area (TPSA) is 186 Å². The Labute approximate surface area is 178 Å². The molecule has 162 valence electrons. The number of imidazole rings is 1. The van der Waals surface area contributed by atoms with Crippen LogP contribution in [0.4, 0.5) is 0 Å². The molecule has 2 aromatic carbocycles. The van der Waals surface area contributed by atoms with Crippen molar-refractivity contribution in [1.82, 2.24) is 9.97 Å². The number of sulfonamides is 1. The van der Waals surface area contributed by atoms with E-state index in [1.54, 1.807) is 18.2 Å². The van der Waals surface area contributed by atoms with Crippen molar-refractivity contribution in [1.29, 1.82) is 0 Å². The number of H-pyrrole nitrogens is 1. The van der Waals surface area contributed by atoms with Crippen LogP contribution in [0.15, 0.2) is 61.7 Å². The zero-order valence-corrected chi connectivity index (χ0v) is 18.0. The van der Waals surface area contributed by atoms with Gasteiger partial charge in [-0.15, -0.1) is 5.11 Å². The lowest BCUT2D eigenvalue weighted by Gasteiger charge is -2.17. The number of para-hydroxylation sites is 1. The highest BCUT2D eigenvalue weighted by Gasteiger charge is 2.33. The molecule has 0 saturated heterocycles. The summed E-state index contributed by atoms with van der Waals surface area (Å²) in [5.41, 5.74) is 7.83. The van der Waals surface area contributed by atoms with Gasteiger partial charge in [0.25, 0.3) is 0 Å². The molecule has 0 bridgehead atoms. The first-order valence-electron chi connectivity index (χ1n) is 9.12. The number of hydrogen-bond donors (Lipinski definition) is 3. The summed E-state index contributed by atoms with van der Waals surface area (Å²) in [6, 6.07) is 7.29. The van der Waals surface area contributed by atoms with Gasteiger partial charge in [0.05, 0.1) is 33.6 Å². The Morgan fingerprint density at radius 2 is 1.90 bits per heavy atom. The first-order valence-corrected chi connectivity index (χ1v) is 12.3. The van der Waals surface area contributed by atoms with Crippen LogP contribution in [0.1, 0.15) is 12.5 Å². The molecule has 11 nitrogen and oxygen atoms in total. The van der Waals surface area contributed by atoms with Crippen molar-refractivity contribution in [3.8, 4) is 11.1 Å². The van der Waals surface area contributed by atoms with Crippen LogP contribution in [0, 0.1) is 0 Å². The summed E-state index contributed by atoms with van der Waals surface area (Å²) < 4.78 is 51.4. The zero-order valence-electron chi connectivity index (χ0n) is 16.3. The molecule has 0 saturated carbocycles. The second kappa shape index (κ2) is 7.60. The van der Waals surface area contributed by atoms with Gasteiger partial charge in [-0.25, -0.2) is 32.0 Å². The first-order chi connectivity index (χ1) is 14.6. The quantitative estimate of drug-likeness (QED) is 0.494. The van der Waals surface area contributed by atoms with Gasteiger partial charge in [-0.3, -0.25) is 0 Å². The molecule has 3 aromatic rings. The number of aromatic amines is 1. The van der Waals surface area contributed by atoms with E-state index < -0.39 is 41.4 Å². The number of nitrogens with one attached hydrogen (secondary N) is 1. The van der Waals surface area contributed by atoms with Crippen molar-refractivity contribution < 1.29 is 16.8 Å². The Kier molecular flexibility index (Phi) is 5.21. The summed E-state index contributed by atoms with van der Waals surface area (Å²) in [5.74, 6) is -0.485. The third-order valence-corrected chi connectivity index (χ3v) is 7.73. The second-order valence-electron chi connectivity index (χ2n) is 7.09. The van der Waals surface area contributed by atoms with Crippen LogP contribution in [0.25, 0.3) is 22.2 Å². The molecule has 0 aliphatic carbocycles. The molecule has 13 heteroatoms. The largest absolute Gasteiger partial charge is 0.345 e. The van der Waals surface area contributed by atoms with E-state index in [-0.39, 0.29) is 18.1 Å². The number of nitrogens with zero attached hydrogens (tertiary/aromatic N) is 4. The van der Waals surface area contributed by atoms with Crippen molar-refractivity contribution in [3.05, 3.63) is 42.2 Å². The number of nitrogens with two attached hydrogens (primary N) is 2. The number of azo groups is 1. The van der Waals surface area contributed by atoms with E-state index in [2.05, 4.69) is 25.2 Å². The first kappa shape index (κ1) is 21.2. The molecule has 0 fully saturated rings. The number of hydrogen-bond acceptors (Lipinski definition) is 9. The van der Waals surface area contributed by atoms with E-state index in [1.807, 2.05) is 0 Å². The number of rotatable bonds is 6. The van der Waals surface area contributed by atoms with E-state index >= 15 is 0 Å². The van der Waals surface area contributed by atoms with Crippen LogP contribution >= 0.6 is 0 Å². The van der Waals surface area contributed by atoms with Crippen LogP contribution in [0.3, 0.4) is 0 Å². The molecule has 4 rings (SSSR count). The Morgan fingerprint density at radius 3 is 2.55 bits per heavy atom. The molecule has 0 amide bonds. The minimum Gasteiger partial charge on any atom is -0.345 e. The molecule has 1 aliphatic heterocycles. The molecule has 0 radical (unpaired) electrons. The fraction of sp³-hybridized carbons (Fsp3) is 0.222. The minimum atomic E-state index is -4.52. The summed E-state index contributed by atoms with van der Waals surface area (Å²) in [6.07, 6.45) is 1.50. The molecule has 31 heavy (non-hydrogen) atoms. The lowest BCUT2D eigenvalue weighted by molar-refractivity contribution is 0.579. The van der Waals surface area contributed by atoms with Crippen LogP contribution in [-0.4, -0.2) is 51.1 Å². The van der Waals surface area contributed by atoms with E-state index in [0.29, 0.717) is 22.2 Å². The fourth-order valence-electron chi connectivity index (χ4n) is 3.51. The highest BCUT2D eigenvalue weighted by Crippen LogP contribution is 2.37. The maximum absolute atomic E-state index is 13.0. The molecule has 2 heterocycles. The van der Waals surface area contributed by atoms with E-state index in [4.69, 9.17) is 10.9 Å². The lowest BCUT2D eigenvalue weighted by Crippen LogP contribution is -2.28. The van der Waals surface area contributed by atoms with Crippen LogP contribution in [-0.2, 0) is 19.9 Å². The predicted molar refractivity (Wildman–Crippen MR) is 115 cm³/mol. The van der Waals surface area contributed by atoms with Gasteiger partial charge < -0.3 is 10.7 Å². The molecule has 1 aliphatic rings. The molecule has 0 unspecified atom stereocenters. The van der Waals surface area contributed by atoms with Gasteiger partial charge in [0, 0.05) is 11.6 Å². The zero-order chi connectivity index (χ0) is 22.4. The van der Waals surface area contributed by atoms with Crippen LogP contribution in [0.2, 0.25) is 0 Å². The van der Waals surface area contributed by atoms with Crippen molar-refractivity contribution in [3.63, 3.8) is 0 Å². The summed E-state index contributed by atoms with van der Waals surface area (Å²) in [6.45, 7) is 1.50. The number of benzene rings is 2. The van der Waals surface area contributed by atoms with Crippen molar-refractivity contribution in [2.24, 2.45) is 26.1 Å². The molecular weight excluding hydrogens is 442 g/mol. The molecule has 1 aromatic heterocycles. The van der Waals surface area contributed by atoms with Gasteiger partial charge in [0.1, 0.15) is 4.90 Å². The maximum Gasteiger partial charge on any atom is 0.240 e. The Hall–Kier alpha value is -3.00. The number of aromatic nitrogens is 2. The standard InChI is InChI=1S/C18H19N7O4S2/c1-10(19)7-30(26,27)14-6-5-11(12-3-2-4-13-16(12)22-8-21-13)15(17(14)31(20,28)29)18-23-9-24-25-18/h2-6,8,10H,7,9,19H2,1H3,(H,21,22)(H2,20,28,29)/t10-/m0/s1. The second-order valence-corrected chi connectivity index (χ2v) is 10.6. The Bertz CT molecular complexity index is 1460. The molecule has 0 spiro atoms. The normalized spacial score (nSPS) is 15.4. The minimum absolute atomic E-state index is 0.0117. The van der Waals surface area contributed by atoms with Gasteiger partial charge >= 0.3 is 0 Å². The molecule has 5 N–H and O–H groups in total. The Balaban J connectivity index is 2.14. The van der Waals surface area contributed by atoms with Gasteiger partial charge in [-0.05, 0) is 24.6 Å². The summed E-state index contributed by atoms with van der Waals surface area (Å²) in [5, 5.41) is 13.2. The fourth-order valence-corrected chi connectivity index (χ4v) is 6.61. The average Bonchev–Trinajstić information content (AvgIpc) is 3.36. The summed E-state index contributed by atoms with van der Waals surface area (Å²) >= 11 is 0. The Morgan fingerprint density at radius 1 is 1.13 bits per heavy atom. The van der Waals surface area contributed by atoms with Crippen LogP contribution < -0.4 is 10.9 Å². The predicted octanol–water partition coefficient (Wildman–Crippen LogP) is 1.17. The number of amidine groups is 1. The van der Waals surface area contributed by atoms with Crippen molar-refractivity contribution in [2.75, 3.05) is 12.4 Å². The lowest BCUT2D eigenvalue weighted by atomic mass is 9.97. The van der Waals surface area contributed by atoms with Gasteiger partial charge in [0.2, 0.25) is 10.0 Å². The third kappa shape index (κ3) is 3.87. The summed E-state index contributed by atoms with van der Waals surface area (Å²) in [7, 11) is -8.61. The van der Waals surface area contributed by atoms with Crippen molar-refractivity contribution >= 4 is 36.7 Å². The van der Waals surface area contributed by atoms with Gasteiger partial charge in [0.15, 0.2) is 22.3 Å². The van der Waals surface area contributed by atoms with Gasteiger partial charge in [-0.2, -0.15) is 5.11 Å². The number of sulfone groups is 1.